The number of esters is 1. The van der Waals surface area contributed by atoms with E-state index >= 15 is 0 Å². The van der Waals surface area contributed by atoms with Crippen LogP contribution in [0.25, 0.3) is 11.1 Å². The first-order valence-corrected chi connectivity index (χ1v) is 16.7. The van der Waals surface area contributed by atoms with Crippen molar-refractivity contribution in [2.24, 2.45) is 11.7 Å². The van der Waals surface area contributed by atoms with E-state index in [2.05, 4.69) is 5.32 Å². The van der Waals surface area contributed by atoms with Crippen molar-refractivity contribution >= 4 is 36.1 Å². The normalized spacial score (nSPS) is 14.7. The number of ether oxygens (including phenoxy) is 1. The highest BCUT2D eigenvalue weighted by Crippen LogP contribution is 2.51. The molecule has 0 aliphatic carbocycles. The molecule has 42 heavy (non-hydrogen) atoms. The standard InChI is InChI=1S/C32H39N2O6PS/c1-23(32(37)39-21-27-10-6-4-7-11-27)34-31(36)30(22-41(38,24(2)33)40-18-19-42-25(3)35)20-26-14-16-29(17-15-26)28-12-8-5-9-13-28/h4-17,23-24,30H,18-22,33H2,1-3H3,(H,34,36)/t23-,24?,30-,41?/m1/s1. The third-order valence-corrected chi connectivity index (χ3v) is 10.2. The molecule has 1 amide bonds. The van der Waals surface area contributed by atoms with Gasteiger partial charge < -0.3 is 20.3 Å². The summed E-state index contributed by atoms with van der Waals surface area (Å²) in [5.41, 5.74) is 9.91. The molecule has 2 unspecified atom stereocenters. The van der Waals surface area contributed by atoms with Gasteiger partial charge in [0.25, 0.3) is 0 Å². The first kappa shape index (κ1) is 33.3. The third kappa shape index (κ3) is 10.6. The highest BCUT2D eigenvalue weighted by atomic mass is 32.2. The summed E-state index contributed by atoms with van der Waals surface area (Å²) in [7, 11) is -3.50. The lowest BCUT2D eigenvalue weighted by Gasteiger charge is -2.27. The van der Waals surface area contributed by atoms with E-state index in [-0.39, 0.29) is 30.9 Å². The largest absolute Gasteiger partial charge is 0.459 e. The second-order valence-electron chi connectivity index (χ2n) is 10.1. The molecule has 10 heteroatoms. The Morgan fingerprint density at radius 1 is 0.881 bits per heavy atom. The SMILES string of the molecule is CC(=O)SCCOP(=O)(C[C@@H](Cc1ccc(-c2ccccc2)cc1)C(=O)N[C@H](C)C(=O)OCc1ccccc1)C(C)N. The van der Waals surface area contributed by atoms with E-state index in [1.165, 1.54) is 6.92 Å². The summed E-state index contributed by atoms with van der Waals surface area (Å²) < 4.78 is 25.0. The first-order chi connectivity index (χ1) is 20.1. The van der Waals surface area contributed by atoms with Crippen LogP contribution < -0.4 is 11.1 Å². The highest BCUT2D eigenvalue weighted by Gasteiger charge is 2.36. The predicted molar refractivity (Wildman–Crippen MR) is 168 cm³/mol. The number of hydrogen-bond acceptors (Lipinski definition) is 8. The van der Waals surface area contributed by atoms with Crippen LogP contribution in [0.5, 0.6) is 0 Å². The van der Waals surface area contributed by atoms with E-state index < -0.39 is 37.0 Å². The topological polar surface area (TPSA) is 125 Å². The van der Waals surface area contributed by atoms with E-state index in [4.69, 9.17) is 15.0 Å². The average molecular weight is 611 g/mol. The maximum absolute atomic E-state index is 13.9. The monoisotopic (exact) mass is 610 g/mol. The van der Waals surface area contributed by atoms with Crippen LogP contribution in [0.2, 0.25) is 0 Å². The van der Waals surface area contributed by atoms with Crippen LogP contribution in [0.3, 0.4) is 0 Å². The Hall–Kier alpha value is -3.23. The smallest absolute Gasteiger partial charge is 0.328 e. The molecule has 0 fully saturated rings. The van der Waals surface area contributed by atoms with Crippen LogP contribution in [0, 0.1) is 5.92 Å². The molecule has 224 valence electrons. The summed E-state index contributed by atoms with van der Waals surface area (Å²) in [6.07, 6.45) is 0.141. The molecule has 0 aromatic heterocycles. The van der Waals surface area contributed by atoms with E-state index in [0.717, 1.165) is 34.0 Å². The average Bonchev–Trinajstić information content (AvgIpc) is 2.99. The molecule has 0 saturated carbocycles. The lowest BCUT2D eigenvalue weighted by Crippen LogP contribution is -2.44. The van der Waals surface area contributed by atoms with Gasteiger partial charge in [0.2, 0.25) is 13.3 Å². The summed E-state index contributed by atoms with van der Waals surface area (Å²) in [6, 6.07) is 26.1. The van der Waals surface area contributed by atoms with Gasteiger partial charge in [-0.1, -0.05) is 96.7 Å². The van der Waals surface area contributed by atoms with Crippen molar-refractivity contribution in [2.75, 3.05) is 18.5 Å². The Balaban J connectivity index is 1.75. The molecule has 3 rings (SSSR count). The molecule has 3 N–H and O–H groups in total. The zero-order valence-corrected chi connectivity index (χ0v) is 25.9. The lowest BCUT2D eigenvalue weighted by atomic mass is 9.97. The van der Waals surface area contributed by atoms with Gasteiger partial charge in [-0.3, -0.25) is 14.2 Å². The molecule has 8 nitrogen and oxygen atoms in total. The first-order valence-electron chi connectivity index (χ1n) is 13.8. The minimum Gasteiger partial charge on any atom is -0.459 e. The third-order valence-electron chi connectivity index (χ3n) is 6.64. The number of amides is 1. The minimum atomic E-state index is -3.50. The fourth-order valence-corrected chi connectivity index (χ4v) is 6.81. The van der Waals surface area contributed by atoms with Crippen LogP contribution >= 0.6 is 19.1 Å². The van der Waals surface area contributed by atoms with Crippen molar-refractivity contribution in [2.45, 2.75) is 45.6 Å². The second-order valence-corrected chi connectivity index (χ2v) is 14.3. The van der Waals surface area contributed by atoms with Crippen molar-refractivity contribution in [1.29, 1.82) is 0 Å². The Kier molecular flexibility index (Phi) is 13.0. The molecule has 3 aromatic carbocycles. The number of hydrogen-bond donors (Lipinski definition) is 2. The van der Waals surface area contributed by atoms with Crippen LogP contribution in [-0.4, -0.2) is 47.3 Å². The van der Waals surface area contributed by atoms with E-state index in [0.29, 0.717) is 5.75 Å². The minimum absolute atomic E-state index is 0.0609. The van der Waals surface area contributed by atoms with Gasteiger partial charge in [0.15, 0.2) is 5.12 Å². The van der Waals surface area contributed by atoms with Gasteiger partial charge in [-0.05, 0) is 42.5 Å². The number of carbonyl (C=O) groups excluding carboxylic acids is 3. The van der Waals surface area contributed by atoms with Crippen LogP contribution in [0.4, 0.5) is 0 Å². The maximum atomic E-state index is 13.9. The molecule has 0 radical (unpaired) electrons. The molecular weight excluding hydrogens is 571 g/mol. The molecule has 0 bridgehead atoms. The van der Waals surface area contributed by atoms with Gasteiger partial charge in [-0.2, -0.15) is 0 Å². The highest BCUT2D eigenvalue weighted by molar-refractivity contribution is 8.13. The number of rotatable bonds is 15. The lowest BCUT2D eigenvalue weighted by molar-refractivity contribution is -0.148. The molecule has 3 aromatic rings. The molecule has 0 aliphatic heterocycles. The zero-order valence-electron chi connectivity index (χ0n) is 24.2. The number of carbonyl (C=O) groups is 3. The number of thioether (sulfide) groups is 1. The number of benzene rings is 3. The zero-order chi connectivity index (χ0) is 30.5. The van der Waals surface area contributed by atoms with Crippen LogP contribution in [0.15, 0.2) is 84.9 Å². The molecule has 0 spiro atoms. The molecule has 0 aliphatic rings. The van der Waals surface area contributed by atoms with Crippen molar-refractivity contribution in [1.82, 2.24) is 5.32 Å². The summed E-state index contributed by atoms with van der Waals surface area (Å²) in [6.45, 7) is 4.74. The van der Waals surface area contributed by atoms with Gasteiger partial charge in [0.1, 0.15) is 12.6 Å². The van der Waals surface area contributed by atoms with E-state index in [9.17, 15) is 18.9 Å². The van der Waals surface area contributed by atoms with Gasteiger partial charge in [-0.15, -0.1) is 0 Å². The molecule has 4 atom stereocenters. The van der Waals surface area contributed by atoms with Gasteiger partial charge in [0.05, 0.1) is 18.3 Å². The Morgan fingerprint density at radius 3 is 2.07 bits per heavy atom. The van der Waals surface area contributed by atoms with E-state index in [1.54, 1.807) is 13.8 Å². The summed E-state index contributed by atoms with van der Waals surface area (Å²) in [5, 5.41) is 2.67. The maximum Gasteiger partial charge on any atom is 0.328 e. The number of nitrogens with one attached hydrogen (secondary N) is 1. The summed E-state index contributed by atoms with van der Waals surface area (Å²) >= 11 is 1.07. The quantitative estimate of drug-likeness (QED) is 0.129. The van der Waals surface area contributed by atoms with Gasteiger partial charge in [0, 0.05) is 18.8 Å². The van der Waals surface area contributed by atoms with Crippen molar-refractivity contribution in [3.05, 3.63) is 96.1 Å². The van der Waals surface area contributed by atoms with Gasteiger partial charge >= 0.3 is 5.97 Å². The Morgan fingerprint density at radius 2 is 1.48 bits per heavy atom. The van der Waals surface area contributed by atoms with Crippen molar-refractivity contribution in [3.63, 3.8) is 0 Å². The van der Waals surface area contributed by atoms with Crippen LogP contribution in [-0.2, 0) is 41.2 Å². The molecule has 0 heterocycles. The molecule has 0 saturated heterocycles. The van der Waals surface area contributed by atoms with Gasteiger partial charge in [-0.25, -0.2) is 4.79 Å². The van der Waals surface area contributed by atoms with Crippen LogP contribution in [0.1, 0.15) is 31.9 Å². The van der Waals surface area contributed by atoms with Crippen molar-refractivity contribution in [3.8, 4) is 11.1 Å². The summed E-state index contributed by atoms with van der Waals surface area (Å²) in [5.74, 6) is -2.33. The van der Waals surface area contributed by atoms with E-state index in [1.807, 2.05) is 84.9 Å². The second kappa shape index (κ2) is 16.4. The predicted octanol–water partition coefficient (Wildman–Crippen LogP) is 5.64. The Bertz CT molecular complexity index is 1350. The Labute approximate surface area is 252 Å². The fourth-order valence-electron chi connectivity index (χ4n) is 4.25. The summed E-state index contributed by atoms with van der Waals surface area (Å²) in [4.78, 5) is 37.5. The number of nitrogens with two attached hydrogens (primary N) is 1. The molecular formula is C32H39N2O6PS. The fraction of sp³-hybridized carbons (Fsp3) is 0.344. The van der Waals surface area contributed by atoms with Crippen molar-refractivity contribution < 1.29 is 28.2 Å².